The fourth-order valence-corrected chi connectivity index (χ4v) is 4.58. The first-order chi connectivity index (χ1) is 16.2. The van der Waals surface area contributed by atoms with Crippen molar-refractivity contribution in [3.8, 4) is 11.4 Å². The number of carbonyl (C=O) groups is 1. The van der Waals surface area contributed by atoms with Crippen LogP contribution >= 0.6 is 0 Å². The molecule has 2 aliphatic rings. The highest BCUT2D eigenvalue weighted by molar-refractivity contribution is 5.89. The predicted octanol–water partition coefficient (Wildman–Crippen LogP) is 3.62. The number of anilines is 2. The Morgan fingerprint density at radius 2 is 2.00 bits per heavy atom. The molecule has 184 valence electrons. The minimum absolute atomic E-state index is 0.215. The first-order valence-corrected chi connectivity index (χ1v) is 12.0. The summed E-state index contributed by atoms with van der Waals surface area (Å²) >= 11 is 0. The molecule has 0 spiro atoms. The van der Waals surface area contributed by atoms with Gasteiger partial charge in [0.15, 0.2) is 5.82 Å². The standard InChI is InChI=1S/C25H35FN6O2/c1-5-27-24(33)28-19-8-6-18(7-9-19)22-29-21-14-31(16-25(3,4)26)11-10-20(21)23(30-22)32-12-13-34-15-17(32)2/h6-9,17H,5,10-16H2,1-4H3,(H2,27,28,33)/t17-/m0/s1. The van der Waals surface area contributed by atoms with E-state index in [1.807, 2.05) is 31.2 Å². The number of hydrogen-bond donors (Lipinski definition) is 2. The Morgan fingerprint density at radius 3 is 2.68 bits per heavy atom. The SMILES string of the molecule is CCNC(=O)Nc1ccc(-c2nc3c(c(N4CCOC[C@@H]4C)n2)CCN(CC(C)(C)F)C3)cc1. The molecule has 1 fully saturated rings. The lowest BCUT2D eigenvalue weighted by molar-refractivity contribution is 0.0979. The van der Waals surface area contributed by atoms with Crippen molar-refractivity contribution in [2.75, 3.05) is 49.6 Å². The third-order valence-corrected chi connectivity index (χ3v) is 6.10. The molecule has 1 aromatic carbocycles. The van der Waals surface area contributed by atoms with Gasteiger partial charge in [-0.2, -0.15) is 0 Å². The number of benzene rings is 1. The van der Waals surface area contributed by atoms with Crippen molar-refractivity contribution >= 4 is 17.5 Å². The Labute approximate surface area is 200 Å². The normalized spacial score (nSPS) is 19.0. The number of morpholine rings is 1. The fourth-order valence-electron chi connectivity index (χ4n) is 4.58. The smallest absolute Gasteiger partial charge is 0.319 e. The van der Waals surface area contributed by atoms with Crippen LogP contribution in [-0.4, -0.2) is 72.0 Å². The number of nitrogens with one attached hydrogen (secondary N) is 2. The number of aromatic nitrogens is 2. The van der Waals surface area contributed by atoms with Gasteiger partial charge in [-0.15, -0.1) is 0 Å². The summed E-state index contributed by atoms with van der Waals surface area (Å²) in [5.41, 5.74) is 2.42. The predicted molar refractivity (Wildman–Crippen MR) is 132 cm³/mol. The second-order valence-corrected chi connectivity index (χ2v) is 9.65. The van der Waals surface area contributed by atoms with Gasteiger partial charge in [-0.1, -0.05) is 0 Å². The van der Waals surface area contributed by atoms with Crippen LogP contribution in [0.4, 0.5) is 20.7 Å². The lowest BCUT2D eigenvalue weighted by Crippen LogP contribution is -2.46. The zero-order chi connectivity index (χ0) is 24.3. The molecule has 0 unspecified atom stereocenters. The number of hydrogen-bond acceptors (Lipinski definition) is 6. The summed E-state index contributed by atoms with van der Waals surface area (Å²) in [7, 11) is 0. The van der Waals surface area contributed by atoms with Crippen molar-refractivity contribution in [2.24, 2.45) is 0 Å². The topological polar surface area (TPSA) is 82.6 Å². The number of ether oxygens (including phenoxy) is 1. The number of alkyl halides is 1. The van der Waals surface area contributed by atoms with Gasteiger partial charge in [0.25, 0.3) is 0 Å². The second-order valence-electron chi connectivity index (χ2n) is 9.65. The number of rotatable bonds is 6. The third kappa shape index (κ3) is 5.82. The average Bonchev–Trinajstić information content (AvgIpc) is 2.78. The maximum atomic E-state index is 14.4. The van der Waals surface area contributed by atoms with Crippen LogP contribution in [0.15, 0.2) is 24.3 Å². The van der Waals surface area contributed by atoms with Crippen molar-refractivity contribution in [2.45, 2.75) is 52.4 Å². The number of amides is 2. The molecule has 3 heterocycles. The van der Waals surface area contributed by atoms with Crippen LogP contribution < -0.4 is 15.5 Å². The molecule has 9 heteroatoms. The monoisotopic (exact) mass is 470 g/mol. The molecule has 0 radical (unpaired) electrons. The Morgan fingerprint density at radius 1 is 1.24 bits per heavy atom. The zero-order valence-corrected chi connectivity index (χ0v) is 20.5. The van der Waals surface area contributed by atoms with E-state index in [0.717, 1.165) is 42.1 Å². The van der Waals surface area contributed by atoms with Gasteiger partial charge in [0, 0.05) is 49.5 Å². The van der Waals surface area contributed by atoms with Crippen molar-refractivity contribution in [3.05, 3.63) is 35.5 Å². The van der Waals surface area contributed by atoms with E-state index in [9.17, 15) is 9.18 Å². The minimum Gasteiger partial charge on any atom is -0.377 e. The maximum Gasteiger partial charge on any atom is 0.319 e. The highest BCUT2D eigenvalue weighted by Gasteiger charge is 2.30. The van der Waals surface area contributed by atoms with E-state index in [-0.39, 0.29) is 12.1 Å². The Kier molecular flexibility index (Phi) is 7.33. The van der Waals surface area contributed by atoms with E-state index in [1.54, 1.807) is 13.8 Å². The highest BCUT2D eigenvalue weighted by atomic mass is 19.1. The van der Waals surface area contributed by atoms with E-state index < -0.39 is 5.67 Å². The summed E-state index contributed by atoms with van der Waals surface area (Å²) in [4.78, 5) is 26.2. The van der Waals surface area contributed by atoms with Crippen LogP contribution in [0.5, 0.6) is 0 Å². The van der Waals surface area contributed by atoms with Crippen LogP contribution in [0.1, 0.15) is 39.0 Å². The van der Waals surface area contributed by atoms with Crippen molar-refractivity contribution < 1.29 is 13.9 Å². The molecule has 8 nitrogen and oxygen atoms in total. The lowest BCUT2D eigenvalue weighted by Gasteiger charge is -2.38. The van der Waals surface area contributed by atoms with E-state index >= 15 is 0 Å². The van der Waals surface area contributed by atoms with Crippen molar-refractivity contribution in [3.63, 3.8) is 0 Å². The van der Waals surface area contributed by atoms with Gasteiger partial charge in [-0.3, -0.25) is 4.90 Å². The molecule has 4 rings (SSSR count). The first-order valence-electron chi connectivity index (χ1n) is 12.0. The summed E-state index contributed by atoms with van der Waals surface area (Å²) in [6.45, 7) is 11.7. The van der Waals surface area contributed by atoms with Gasteiger partial charge in [0.05, 0.1) is 24.9 Å². The van der Waals surface area contributed by atoms with Gasteiger partial charge in [-0.05, 0) is 58.4 Å². The van der Waals surface area contributed by atoms with Gasteiger partial charge >= 0.3 is 6.03 Å². The van der Waals surface area contributed by atoms with Crippen LogP contribution in [0, 0.1) is 0 Å². The first kappa shape index (κ1) is 24.3. The van der Waals surface area contributed by atoms with Gasteiger partial charge in [0.1, 0.15) is 11.5 Å². The molecule has 2 aliphatic heterocycles. The number of carbonyl (C=O) groups excluding carboxylic acids is 1. The number of urea groups is 1. The number of fused-ring (bicyclic) bond motifs is 1. The molecular formula is C25H35FN6O2. The minimum atomic E-state index is -1.26. The molecule has 0 aliphatic carbocycles. The van der Waals surface area contributed by atoms with E-state index in [1.165, 1.54) is 0 Å². The van der Waals surface area contributed by atoms with Gasteiger partial charge < -0.3 is 20.3 Å². The van der Waals surface area contributed by atoms with Crippen LogP contribution in [0.3, 0.4) is 0 Å². The van der Waals surface area contributed by atoms with E-state index in [2.05, 4.69) is 27.4 Å². The Balaban J connectivity index is 1.67. The average molecular weight is 471 g/mol. The summed E-state index contributed by atoms with van der Waals surface area (Å²) in [5, 5.41) is 5.53. The number of nitrogens with zero attached hydrogens (tertiary/aromatic N) is 4. The van der Waals surface area contributed by atoms with Crippen molar-refractivity contribution in [1.82, 2.24) is 20.2 Å². The van der Waals surface area contributed by atoms with Gasteiger partial charge in [0.2, 0.25) is 0 Å². The highest BCUT2D eigenvalue weighted by Crippen LogP contribution is 2.32. The Hall–Kier alpha value is -2.78. The maximum absolute atomic E-state index is 14.4. The number of halogens is 1. The van der Waals surface area contributed by atoms with Gasteiger partial charge in [-0.25, -0.2) is 19.2 Å². The fraction of sp³-hybridized carbons (Fsp3) is 0.560. The molecule has 0 bridgehead atoms. The summed E-state index contributed by atoms with van der Waals surface area (Å²) in [5.74, 6) is 1.60. The molecule has 1 aromatic heterocycles. The summed E-state index contributed by atoms with van der Waals surface area (Å²) in [6.07, 6.45) is 0.792. The molecule has 2 N–H and O–H groups in total. The molecular weight excluding hydrogens is 435 g/mol. The Bertz CT molecular complexity index is 1010. The van der Waals surface area contributed by atoms with E-state index in [0.29, 0.717) is 44.4 Å². The van der Waals surface area contributed by atoms with Crippen molar-refractivity contribution in [1.29, 1.82) is 0 Å². The zero-order valence-electron chi connectivity index (χ0n) is 20.5. The summed E-state index contributed by atoms with van der Waals surface area (Å²) in [6, 6.07) is 7.51. The van der Waals surface area contributed by atoms with E-state index in [4.69, 9.17) is 14.7 Å². The lowest BCUT2D eigenvalue weighted by atomic mass is 10.0. The quantitative estimate of drug-likeness (QED) is 0.671. The summed E-state index contributed by atoms with van der Waals surface area (Å²) < 4.78 is 20.0. The molecule has 2 amide bonds. The molecule has 1 atom stereocenters. The third-order valence-electron chi connectivity index (χ3n) is 6.10. The van der Waals surface area contributed by atoms with Crippen LogP contribution in [0.25, 0.3) is 11.4 Å². The molecule has 1 saturated heterocycles. The van der Waals surface area contributed by atoms with Crippen LogP contribution in [-0.2, 0) is 17.7 Å². The molecule has 0 saturated carbocycles. The second kappa shape index (κ2) is 10.2. The molecule has 34 heavy (non-hydrogen) atoms. The largest absolute Gasteiger partial charge is 0.377 e. The molecule has 2 aromatic rings. The van der Waals surface area contributed by atoms with Crippen LogP contribution in [0.2, 0.25) is 0 Å².